The third-order valence-corrected chi connectivity index (χ3v) is 12.5. The van der Waals surface area contributed by atoms with E-state index in [4.69, 9.17) is 4.74 Å². The van der Waals surface area contributed by atoms with Crippen LogP contribution in [0.25, 0.3) is 0 Å². The molecule has 1 N–H and O–H groups in total. The van der Waals surface area contributed by atoms with Gasteiger partial charge >= 0.3 is 5.97 Å². The van der Waals surface area contributed by atoms with Crippen LogP contribution in [0.1, 0.15) is 62.1 Å². The van der Waals surface area contributed by atoms with Crippen molar-refractivity contribution in [3.8, 4) is 11.5 Å². The maximum absolute atomic E-state index is 14.7. The summed E-state index contributed by atoms with van der Waals surface area (Å²) in [6, 6.07) is 17.5. The molecule has 9 heteroatoms. The number of rotatable bonds is 6. The van der Waals surface area contributed by atoms with Gasteiger partial charge in [-0.2, -0.15) is 0 Å². The van der Waals surface area contributed by atoms with Crippen LogP contribution in [0.4, 0.5) is 4.39 Å². The molecule has 3 aliphatic rings. The van der Waals surface area contributed by atoms with E-state index in [1.54, 1.807) is 11.0 Å². The highest BCUT2D eigenvalue weighted by molar-refractivity contribution is 7.92. The molecule has 43 heavy (non-hydrogen) atoms. The molecule has 0 spiro atoms. The van der Waals surface area contributed by atoms with Gasteiger partial charge in [0.25, 0.3) is 0 Å². The molecule has 0 aromatic heterocycles. The number of carboxylic acid groups (broad SMARTS) is 1. The number of fused-ring (bicyclic) bond motifs is 3. The lowest BCUT2D eigenvalue weighted by Gasteiger charge is -2.45. The van der Waals surface area contributed by atoms with E-state index in [2.05, 4.69) is 0 Å². The number of para-hydroxylation sites is 1. The van der Waals surface area contributed by atoms with Gasteiger partial charge in [0, 0.05) is 12.0 Å². The second-order valence-corrected chi connectivity index (χ2v) is 14.7. The molecule has 7 nitrogen and oxygen atoms in total. The summed E-state index contributed by atoms with van der Waals surface area (Å²) in [5, 5.41) is 9.48. The first-order chi connectivity index (χ1) is 20.5. The van der Waals surface area contributed by atoms with Crippen LogP contribution in [0.15, 0.2) is 71.6 Å². The first-order valence-corrected chi connectivity index (χ1v) is 16.4. The number of aliphatic carboxylic acids is 1. The average Bonchev–Trinajstić information content (AvgIpc) is 3.40. The van der Waals surface area contributed by atoms with Crippen LogP contribution < -0.4 is 4.74 Å². The summed E-state index contributed by atoms with van der Waals surface area (Å²) < 4.78 is 48.0. The molecule has 1 amide bonds. The minimum atomic E-state index is -4.09. The zero-order chi connectivity index (χ0) is 30.6. The van der Waals surface area contributed by atoms with Crippen molar-refractivity contribution in [2.24, 2.45) is 11.3 Å². The summed E-state index contributed by atoms with van der Waals surface area (Å²) in [6.45, 7) is 4.11. The Balaban J connectivity index is 1.40. The molecule has 0 bridgehead atoms. The number of aryl methyl sites for hydroxylation is 2. The molecule has 3 aromatic rings. The molecule has 2 atom stereocenters. The van der Waals surface area contributed by atoms with Crippen molar-refractivity contribution in [1.29, 1.82) is 0 Å². The summed E-state index contributed by atoms with van der Waals surface area (Å²) in [5.41, 5.74) is 1.73. The Kier molecular flexibility index (Phi) is 7.35. The van der Waals surface area contributed by atoms with E-state index in [9.17, 15) is 27.5 Å². The quantitative estimate of drug-likeness (QED) is 0.325. The van der Waals surface area contributed by atoms with Gasteiger partial charge in [-0.1, -0.05) is 31.2 Å². The number of sulfone groups is 1. The SMILES string of the molecule is Cc1ccccc1Oc1ccc2c(c1)CC[C@H]1N(C(=O)[C@]3(C)CC[C@@H](C(=O)O)CC3)CC[C@@]21S(=O)(=O)c1ccc(F)cc1. The molecule has 2 fully saturated rings. The number of halogens is 1. The molecule has 0 radical (unpaired) electrons. The van der Waals surface area contributed by atoms with Gasteiger partial charge in [0.2, 0.25) is 5.91 Å². The van der Waals surface area contributed by atoms with Crippen molar-refractivity contribution in [3.63, 3.8) is 0 Å². The van der Waals surface area contributed by atoms with Gasteiger partial charge in [0.05, 0.1) is 16.9 Å². The van der Waals surface area contributed by atoms with Gasteiger partial charge in [0.15, 0.2) is 9.84 Å². The Morgan fingerprint density at radius 3 is 2.35 bits per heavy atom. The van der Waals surface area contributed by atoms with Crippen LogP contribution >= 0.6 is 0 Å². The van der Waals surface area contributed by atoms with Crippen molar-refractivity contribution < 1.29 is 32.2 Å². The molecule has 2 aliphatic carbocycles. The molecule has 1 aliphatic heterocycles. The molecular weight excluding hydrogens is 569 g/mol. The summed E-state index contributed by atoms with van der Waals surface area (Å²) in [5.74, 6) is -0.615. The van der Waals surface area contributed by atoms with E-state index in [-0.39, 0.29) is 23.8 Å². The first-order valence-electron chi connectivity index (χ1n) is 14.9. The highest BCUT2D eigenvalue weighted by Crippen LogP contribution is 2.54. The molecular formula is C34H36FNO6S. The summed E-state index contributed by atoms with van der Waals surface area (Å²) >= 11 is 0. The van der Waals surface area contributed by atoms with Crippen molar-refractivity contribution in [2.75, 3.05) is 6.54 Å². The van der Waals surface area contributed by atoms with E-state index in [1.165, 1.54) is 12.1 Å². The fourth-order valence-corrected chi connectivity index (χ4v) is 9.86. The molecule has 1 heterocycles. The van der Waals surface area contributed by atoms with Crippen molar-refractivity contribution in [2.45, 2.75) is 74.5 Å². The summed E-state index contributed by atoms with van der Waals surface area (Å²) in [4.78, 5) is 27.5. The number of carbonyl (C=O) groups excluding carboxylic acids is 1. The topological polar surface area (TPSA) is 101 Å². The Hall–Kier alpha value is -3.72. The van der Waals surface area contributed by atoms with Crippen LogP contribution in [0.5, 0.6) is 11.5 Å². The van der Waals surface area contributed by atoms with Gasteiger partial charge in [-0.05, 0) is 111 Å². The van der Waals surface area contributed by atoms with E-state index < -0.39 is 43.7 Å². The third-order valence-electron chi connectivity index (χ3n) is 10.00. The zero-order valence-corrected chi connectivity index (χ0v) is 25.2. The second-order valence-electron chi connectivity index (χ2n) is 12.5. The van der Waals surface area contributed by atoms with Crippen LogP contribution in [-0.4, -0.2) is 42.9 Å². The largest absolute Gasteiger partial charge is 0.481 e. The fourth-order valence-electron chi connectivity index (χ4n) is 7.50. The number of carbonyl (C=O) groups is 2. The van der Waals surface area contributed by atoms with E-state index >= 15 is 0 Å². The molecule has 226 valence electrons. The summed E-state index contributed by atoms with van der Waals surface area (Å²) in [7, 11) is -4.09. The Labute approximate surface area is 251 Å². The minimum Gasteiger partial charge on any atom is -0.481 e. The van der Waals surface area contributed by atoms with Gasteiger partial charge < -0.3 is 14.7 Å². The van der Waals surface area contributed by atoms with E-state index in [0.29, 0.717) is 55.6 Å². The van der Waals surface area contributed by atoms with Crippen molar-refractivity contribution in [3.05, 3.63) is 89.2 Å². The normalized spacial score (nSPS) is 26.8. The number of nitrogens with zero attached hydrogens (tertiary/aromatic N) is 1. The zero-order valence-electron chi connectivity index (χ0n) is 24.4. The van der Waals surface area contributed by atoms with E-state index in [0.717, 1.165) is 23.3 Å². The number of hydrogen-bond acceptors (Lipinski definition) is 5. The van der Waals surface area contributed by atoms with Gasteiger partial charge in [-0.25, -0.2) is 12.8 Å². The number of benzene rings is 3. The number of amides is 1. The standard InChI is InChI=1S/C34H36FNO6S/c1-22-5-3-4-6-29(22)42-26-10-13-28-24(21-26)7-14-30-34(28,43(40,41)27-11-8-25(35)9-12-27)19-20-36(30)32(39)33(2)17-15-23(16-18-33)31(37)38/h3-6,8-13,21,23,30H,7,14-20H2,1-2H3,(H,37,38)/t23-,30-,33-,34-/m1/s1. The predicted octanol–water partition coefficient (Wildman–Crippen LogP) is 6.42. The average molecular weight is 606 g/mol. The molecule has 1 saturated carbocycles. The predicted molar refractivity (Wildman–Crippen MR) is 159 cm³/mol. The number of carboxylic acids is 1. The van der Waals surface area contributed by atoms with Gasteiger partial charge in [0.1, 0.15) is 22.1 Å². The van der Waals surface area contributed by atoms with Gasteiger partial charge in [-0.15, -0.1) is 0 Å². The highest BCUT2D eigenvalue weighted by Gasteiger charge is 2.62. The monoisotopic (exact) mass is 605 g/mol. The van der Waals surface area contributed by atoms with Crippen LogP contribution in [0, 0.1) is 24.1 Å². The third kappa shape index (κ3) is 4.82. The smallest absolute Gasteiger partial charge is 0.306 e. The maximum atomic E-state index is 14.7. The molecule has 0 unspecified atom stereocenters. The Bertz CT molecular complexity index is 1680. The molecule has 1 saturated heterocycles. The lowest BCUT2D eigenvalue weighted by Crippen LogP contribution is -2.55. The molecule has 6 rings (SSSR count). The van der Waals surface area contributed by atoms with Crippen LogP contribution in [0.3, 0.4) is 0 Å². The minimum absolute atomic E-state index is 0.0227. The number of likely N-dealkylation sites (tertiary alicyclic amines) is 1. The Morgan fingerprint density at radius 1 is 0.977 bits per heavy atom. The van der Waals surface area contributed by atoms with Crippen molar-refractivity contribution >= 4 is 21.7 Å². The lowest BCUT2D eigenvalue weighted by molar-refractivity contribution is -0.150. The Morgan fingerprint density at radius 2 is 1.67 bits per heavy atom. The highest BCUT2D eigenvalue weighted by atomic mass is 32.2. The number of hydrogen-bond donors (Lipinski definition) is 1. The maximum Gasteiger partial charge on any atom is 0.306 e. The van der Waals surface area contributed by atoms with Crippen LogP contribution in [-0.2, 0) is 30.6 Å². The number of ether oxygens (including phenoxy) is 1. The van der Waals surface area contributed by atoms with Gasteiger partial charge in [-0.3, -0.25) is 9.59 Å². The summed E-state index contributed by atoms with van der Waals surface area (Å²) in [6.07, 6.45) is 2.94. The second kappa shape index (κ2) is 10.8. The molecule has 3 aromatic carbocycles. The lowest BCUT2D eigenvalue weighted by atomic mass is 9.70. The van der Waals surface area contributed by atoms with E-state index in [1.807, 2.05) is 50.2 Å². The fraction of sp³-hybridized carbons (Fsp3) is 0.412. The van der Waals surface area contributed by atoms with Crippen LogP contribution in [0.2, 0.25) is 0 Å². The first kappa shape index (κ1) is 29.4. The van der Waals surface area contributed by atoms with Crippen molar-refractivity contribution in [1.82, 2.24) is 4.90 Å².